The standard InChI is InChI=1S/C20H22ClN3O6/c1-12(25)18(23-22-14-7-6-8-16(28-3)19(14)30-5)20(26)24(21)13-9-10-15(27-2)17(11-13)29-4/h6-11,18H,1-5H3. The second-order valence-corrected chi connectivity index (χ2v) is 6.24. The molecule has 0 aliphatic carbocycles. The number of rotatable bonds is 9. The van der Waals surface area contributed by atoms with Crippen LogP contribution >= 0.6 is 11.8 Å². The molecule has 1 atom stereocenters. The molecule has 160 valence electrons. The molecule has 0 heterocycles. The molecule has 0 aromatic heterocycles. The lowest BCUT2D eigenvalue weighted by Crippen LogP contribution is -2.36. The highest BCUT2D eigenvalue weighted by Gasteiger charge is 2.29. The molecule has 30 heavy (non-hydrogen) atoms. The van der Waals surface area contributed by atoms with E-state index in [9.17, 15) is 9.59 Å². The van der Waals surface area contributed by atoms with E-state index in [1.54, 1.807) is 30.3 Å². The first-order chi connectivity index (χ1) is 14.4. The molecule has 2 aromatic rings. The van der Waals surface area contributed by atoms with Gasteiger partial charge in [-0.2, -0.15) is 10.2 Å². The number of anilines is 1. The molecule has 2 aromatic carbocycles. The number of Topliss-reactive ketones (excluding diaryl/α,β-unsaturated/α-hetero) is 1. The average molecular weight is 436 g/mol. The third-order valence-electron chi connectivity index (χ3n) is 4.07. The van der Waals surface area contributed by atoms with Gasteiger partial charge < -0.3 is 18.9 Å². The zero-order valence-electron chi connectivity index (χ0n) is 17.2. The van der Waals surface area contributed by atoms with Crippen LogP contribution < -0.4 is 23.4 Å². The number of hydrogen-bond donors (Lipinski definition) is 0. The van der Waals surface area contributed by atoms with E-state index in [4.69, 9.17) is 30.7 Å². The van der Waals surface area contributed by atoms with E-state index in [0.29, 0.717) is 28.7 Å². The Hall–Kier alpha value is -3.33. The van der Waals surface area contributed by atoms with Crippen LogP contribution in [-0.4, -0.2) is 46.2 Å². The van der Waals surface area contributed by atoms with E-state index >= 15 is 0 Å². The molecule has 0 saturated carbocycles. The summed E-state index contributed by atoms with van der Waals surface area (Å²) in [4.78, 5) is 24.9. The minimum atomic E-state index is -1.45. The fraction of sp³-hybridized carbons (Fsp3) is 0.300. The van der Waals surface area contributed by atoms with Crippen molar-refractivity contribution in [3.05, 3.63) is 36.4 Å². The summed E-state index contributed by atoms with van der Waals surface area (Å²) in [5, 5.41) is 7.92. The van der Waals surface area contributed by atoms with Gasteiger partial charge in [-0.25, -0.2) is 4.42 Å². The van der Waals surface area contributed by atoms with Crippen molar-refractivity contribution in [2.75, 3.05) is 32.9 Å². The van der Waals surface area contributed by atoms with Crippen molar-refractivity contribution >= 4 is 34.8 Å². The summed E-state index contributed by atoms with van der Waals surface area (Å²) in [6, 6.07) is 8.16. The highest BCUT2D eigenvalue weighted by molar-refractivity contribution is 6.39. The van der Waals surface area contributed by atoms with Crippen molar-refractivity contribution in [1.82, 2.24) is 0 Å². The van der Waals surface area contributed by atoms with Gasteiger partial charge in [0.15, 0.2) is 28.8 Å². The van der Waals surface area contributed by atoms with Crippen LogP contribution in [0.15, 0.2) is 46.6 Å². The molecule has 0 N–H and O–H groups in total. The van der Waals surface area contributed by atoms with Gasteiger partial charge in [-0.15, -0.1) is 0 Å². The maximum atomic E-state index is 12.8. The van der Waals surface area contributed by atoms with E-state index < -0.39 is 17.7 Å². The van der Waals surface area contributed by atoms with E-state index in [1.165, 1.54) is 41.4 Å². The Kier molecular flexibility index (Phi) is 7.99. The minimum absolute atomic E-state index is 0.278. The predicted molar refractivity (Wildman–Crippen MR) is 111 cm³/mol. The Morgan fingerprint density at radius 3 is 2.17 bits per heavy atom. The number of halogens is 1. The van der Waals surface area contributed by atoms with Crippen LogP contribution in [0.5, 0.6) is 23.0 Å². The third kappa shape index (κ3) is 4.98. The molecule has 0 spiro atoms. The number of para-hydroxylation sites is 1. The van der Waals surface area contributed by atoms with Crippen LogP contribution in [0.2, 0.25) is 0 Å². The van der Waals surface area contributed by atoms with Crippen LogP contribution in [0, 0.1) is 0 Å². The molecule has 0 fully saturated rings. The average Bonchev–Trinajstić information content (AvgIpc) is 2.77. The zero-order valence-corrected chi connectivity index (χ0v) is 18.0. The first kappa shape index (κ1) is 23.0. The van der Waals surface area contributed by atoms with Crippen LogP contribution in [0.25, 0.3) is 0 Å². The van der Waals surface area contributed by atoms with Crippen molar-refractivity contribution in [2.45, 2.75) is 13.0 Å². The van der Waals surface area contributed by atoms with Gasteiger partial charge in [0.25, 0.3) is 5.91 Å². The number of ether oxygens (including phenoxy) is 4. The zero-order chi connectivity index (χ0) is 22.3. The number of carbonyl (C=O) groups is 2. The van der Waals surface area contributed by atoms with Crippen molar-refractivity contribution in [1.29, 1.82) is 0 Å². The maximum absolute atomic E-state index is 12.8. The highest BCUT2D eigenvalue weighted by atomic mass is 35.5. The molecular weight excluding hydrogens is 414 g/mol. The summed E-state index contributed by atoms with van der Waals surface area (Å²) in [7, 11) is 5.87. The van der Waals surface area contributed by atoms with Gasteiger partial charge in [-0.05, 0) is 31.2 Å². The fourth-order valence-corrected chi connectivity index (χ4v) is 2.75. The largest absolute Gasteiger partial charge is 0.493 e. The molecule has 0 radical (unpaired) electrons. The van der Waals surface area contributed by atoms with Gasteiger partial charge in [-0.1, -0.05) is 6.07 Å². The smallest absolute Gasteiger partial charge is 0.276 e. The summed E-state index contributed by atoms with van der Waals surface area (Å²) < 4.78 is 21.6. The molecule has 10 heteroatoms. The van der Waals surface area contributed by atoms with E-state index in [-0.39, 0.29) is 5.69 Å². The number of amides is 1. The molecule has 0 aliphatic rings. The number of methoxy groups -OCH3 is 4. The first-order valence-corrected chi connectivity index (χ1v) is 9.05. The lowest BCUT2D eigenvalue weighted by atomic mass is 10.2. The number of hydrogen-bond acceptors (Lipinski definition) is 8. The Labute approximate surface area is 179 Å². The number of azo groups is 1. The van der Waals surface area contributed by atoms with Gasteiger partial charge in [0, 0.05) is 17.8 Å². The second-order valence-electron chi connectivity index (χ2n) is 5.90. The van der Waals surface area contributed by atoms with Gasteiger partial charge in [0.2, 0.25) is 6.04 Å². The molecule has 0 bridgehead atoms. The number of carbonyl (C=O) groups excluding carboxylic acids is 2. The molecule has 0 aliphatic heterocycles. The SMILES string of the molecule is COc1ccc(N(Cl)C(=O)C(N=Nc2cccc(OC)c2OC)C(C)=O)cc1OC. The normalized spacial score (nSPS) is 11.7. The Morgan fingerprint density at radius 1 is 0.933 bits per heavy atom. The van der Waals surface area contributed by atoms with Gasteiger partial charge in [-0.3, -0.25) is 9.59 Å². The number of ketones is 1. The van der Waals surface area contributed by atoms with Gasteiger partial charge in [0.1, 0.15) is 5.69 Å². The lowest BCUT2D eigenvalue weighted by molar-refractivity contribution is -0.126. The predicted octanol–water partition coefficient (Wildman–Crippen LogP) is 3.95. The van der Waals surface area contributed by atoms with Crippen molar-refractivity contribution < 1.29 is 28.5 Å². The monoisotopic (exact) mass is 435 g/mol. The summed E-state index contributed by atoms with van der Waals surface area (Å²) in [6.07, 6.45) is 0. The van der Waals surface area contributed by atoms with Crippen molar-refractivity contribution in [2.24, 2.45) is 10.2 Å². The quantitative estimate of drug-likeness (QED) is 0.336. The molecule has 1 amide bonds. The molecule has 2 rings (SSSR count). The molecular formula is C20H22ClN3O6. The summed E-state index contributed by atoms with van der Waals surface area (Å²) in [5.74, 6) is 0.283. The first-order valence-electron chi connectivity index (χ1n) is 8.72. The van der Waals surface area contributed by atoms with Crippen LogP contribution in [0.3, 0.4) is 0 Å². The Bertz CT molecular complexity index is 950. The topological polar surface area (TPSA) is 99.0 Å². The van der Waals surface area contributed by atoms with Crippen molar-refractivity contribution in [3.63, 3.8) is 0 Å². The van der Waals surface area contributed by atoms with Crippen LogP contribution in [0.1, 0.15) is 6.92 Å². The van der Waals surface area contributed by atoms with Gasteiger partial charge >= 0.3 is 0 Å². The third-order valence-corrected chi connectivity index (χ3v) is 4.43. The van der Waals surface area contributed by atoms with Crippen molar-refractivity contribution in [3.8, 4) is 23.0 Å². The van der Waals surface area contributed by atoms with E-state index in [2.05, 4.69) is 10.2 Å². The minimum Gasteiger partial charge on any atom is -0.493 e. The Morgan fingerprint density at radius 2 is 1.60 bits per heavy atom. The number of nitrogens with zero attached hydrogens (tertiary/aromatic N) is 3. The van der Waals surface area contributed by atoms with Crippen LogP contribution in [0.4, 0.5) is 11.4 Å². The summed E-state index contributed by atoms with van der Waals surface area (Å²) in [5.41, 5.74) is 0.572. The van der Waals surface area contributed by atoms with Gasteiger partial charge in [0.05, 0.1) is 34.1 Å². The fourth-order valence-electron chi connectivity index (χ4n) is 2.56. The molecule has 9 nitrogen and oxygen atoms in total. The molecule has 0 saturated heterocycles. The van der Waals surface area contributed by atoms with Crippen LogP contribution in [-0.2, 0) is 9.59 Å². The van der Waals surface area contributed by atoms with E-state index in [1.807, 2.05) is 0 Å². The highest BCUT2D eigenvalue weighted by Crippen LogP contribution is 2.37. The lowest BCUT2D eigenvalue weighted by Gasteiger charge is -2.18. The maximum Gasteiger partial charge on any atom is 0.276 e. The second kappa shape index (κ2) is 10.4. The van der Waals surface area contributed by atoms with E-state index in [0.717, 1.165) is 4.42 Å². The Balaban J connectivity index is 2.33. The molecule has 1 unspecified atom stereocenters. The number of benzene rings is 2. The summed E-state index contributed by atoms with van der Waals surface area (Å²) in [6.45, 7) is 1.23. The summed E-state index contributed by atoms with van der Waals surface area (Å²) >= 11 is 6.20.